The van der Waals surface area contributed by atoms with Crippen LogP contribution in [0.1, 0.15) is 11.1 Å². The third-order valence-electron chi connectivity index (χ3n) is 2.98. The van der Waals surface area contributed by atoms with Crippen molar-refractivity contribution in [1.29, 1.82) is 0 Å². The molecule has 0 spiro atoms. The van der Waals surface area contributed by atoms with Gasteiger partial charge in [0.25, 0.3) is 5.69 Å². The van der Waals surface area contributed by atoms with Crippen molar-refractivity contribution < 1.29 is 14.5 Å². The zero-order valence-corrected chi connectivity index (χ0v) is 10.0. The maximum absolute atomic E-state index is 11.0. The lowest BCUT2D eigenvalue weighted by Gasteiger charge is -2.07. The third-order valence-corrected chi connectivity index (χ3v) is 2.98. The summed E-state index contributed by atoms with van der Waals surface area (Å²) < 4.78 is 0. The molecule has 0 aliphatic carbocycles. The van der Waals surface area contributed by atoms with Gasteiger partial charge in [0.05, 0.1) is 10.3 Å². The predicted octanol–water partition coefficient (Wildman–Crippen LogP) is 2.23. The van der Waals surface area contributed by atoms with E-state index in [-0.39, 0.29) is 18.5 Å². The Morgan fingerprint density at radius 1 is 1.05 bits per heavy atom. The molecule has 0 aliphatic rings. The number of fused-ring (bicyclic) bond motifs is 1. The average molecular weight is 257 g/mol. The highest BCUT2D eigenvalue weighted by Gasteiger charge is 2.13. The normalized spacial score (nSPS) is 10.3. The van der Waals surface area contributed by atoms with Gasteiger partial charge >= 0.3 is 0 Å². The van der Waals surface area contributed by atoms with Gasteiger partial charge in [-0.3, -0.25) is 10.1 Å². The Morgan fingerprint density at radius 2 is 1.68 bits per heavy atom. The molecular formula is C14H11NO4. The number of non-ortho nitro benzene ring substituents is 1. The Labute approximate surface area is 109 Å². The lowest BCUT2D eigenvalue weighted by molar-refractivity contribution is -0.383. The van der Waals surface area contributed by atoms with Crippen molar-refractivity contribution in [2.45, 2.75) is 12.8 Å². The Kier molecular flexibility index (Phi) is 3.66. The van der Waals surface area contributed by atoms with Crippen LogP contribution >= 0.6 is 0 Å². The van der Waals surface area contributed by atoms with Crippen molar-refractivity contribution in [2.24, 2.45) is 0 Å². The van der Waals surface area contributed by atoms with Gasteiger partial charge in [0.1, 0.15) is 12.6 Å². The van der Waals surface area contributed by atoms with Crippen LogP contribution in [-0.2, 0) is 22.4 Å². The van der Waals surface area contributed by atoms with Gasteiger partial charge in [-0.2, -0.15) is 0 Å². The van der Waals surface area contributed by atoms with Gasteiger partial charge in [-0.1, -0.05) is 18.2 Å². The number of nitro groups is 1. The van der Waals surface area contributed by atoms with Crippen LogP contribution in [0.4, 0.5) is 5.69 Å². The molecule has 2 aromatic carbocycles. The standard InChI is InChI=1S/C14H11NO4/c16-6-4-10-8-12-2-1-3-14(15(18)19)13(12)9-11(10)5-7-17/h1-3,6-9H,4-5H2. The fourth-order valence-electron chi connectivity index (χ4n) is 2.12. The second-order valence-corrected chi connectivity index (χ2v) is 4.12. The first kappa shape index (κ1) is 12.9. The number of rotatable bonds is 5. The number of carbonyl (C=O) groups is 2. The molecule has 19 heavy (non-hydrogen) atoms. The summed E-state index contributed by atoms with van der Waals surface area (Å²) >= 11 is 0. The van der Waals surface area contributed by atoms with Crippen LogP contribution in [0.15, 0.2) is 30.3 Å². The van der Waals surface area contributed by atoms with E-state index < -0.39 is 4.92 Å². The molecule has 0 unspecified atom stereocenters. The zero-order valence-electron chi connectivity index (χ0n) is 10.0. The highest BCUT2D eigenvalue weighted by Crippen LogP contribution is 2.28. The van der Waals surface area contributed by atoms with Crippen molar-refractivity contribution in [3.63, 3.8) is 0 Å². The van der Waals surface area contributed by atoms with E-state index >= 15 is 0 Å². The minimum absolute atomic E-state index is 0.00213. The minimum atomic E-state index is -0.452. The van der Waals surface area contributed by atoms with Gasteiger partial charge in [0.2, 0.25) is 0 Å². The van der Waals surface area contributed by atoms with E-state index in [9.17, 15) is 19.7 Å². The molecule has 0 amide bonds. The van der Waals surface area contributed by atoms with Crippen LogP contribution in [0.5, 0.6) is 0 Å². The number of hydrogen-bond acceptors (Lipinski definition) is 4. The molecule has 0 saturated carbocycles. The SMILES string of the molecule is O=CCc1cc2cccc([N+](=O)[O-])c2cc1CC=O. The van der Waals surface area contributed by atoms with Crippen molar-refractivity contribution in [3.05, 3.63) is 51.6 Å². The summed E-state index contributed by atoms with van der Waals surface area (Å²) in [6, 6.07) is 8.13. The topological polar surface area (TPSA) is 77.3 Å². The van der Waals surface area contributed by atoms with E-state index in [1.54, 1.807) is 24.3 Å². The molecule has 0 fully saturated rings. The first-order chi connectivity index (χ1) is 9.17. The molecule has 2 rings (SSSR count). The second-order valence-electron chi connectivity index (χ2n) is 4.12. The summed E-state index contributed by atoms with van der Waals surface area (Å²) in [6.07, 6.45) is 1.82. The molecule has 0 aliphatic heterocycles. The Hall–Kier alpha value is -2.56. The van der Waals surface area contributed by atoms with Gasteiger partial charge in [-0.25, -0.2) is 0 Å². The first-order valence-electron chi connectivity index (χ1n) is 5.73. The van der Waals surface area contributed by atoms with Crippen molar-refractivity contribution in [1.82, 2.24) is 0 Å². The van der Waals surface area contributed by atoms with E-state index in [0.717, 1.165) is 18.1 Å². The molecule has 0 heterocycles. The monoisotopic (exact) mass is 257 g/mol. The maximum atomic E-state index is 11.0. The molecule has 0 bridgehead atoms. The van der Waals surface area contributed by atoms with Crippen LogP contribution in [0.3, 0.4) is 0 Å². The fraction of sp³-hybridized carbons (Fsp3) is 0.143. The quantitative estimate of drug-likeness (QED) is 0.467. The highest BCUT2D eigenvalue weighted by atomic mass is 16.6. The lowest BCUT2D eigenvalue weighted by atomic mass is 9.97. The van der Waals surface area contributed by atoms with Gasteiger partial charge in [0, 0.05) is 18.9 Å². The lowest BCUT2D eigenvalue weighted by Crippen LogP contribution is -1.98. The van der Waals surface area contributed by atoms with Crippen LogP contribution < -0.4 is 0 Å². The van der Waals surface area contributed by atoms with Crippen LogP contribution in [0.2, 0.25) is 0 Å². The van der Waals surface area contributed by atoms with Gasteiger partial charge in [0.15, 0.2) is 0 Å². The average Bonchev–Trinajstić information content (AvgIpc) is 2.39. The Balaban J connectivity index is 2.72. The molecule has 2 aromatic rings. The Bertz CT molecular complexity index is 664. The maximum Gasteiger partial charge on any atom is 0.277 e. The number of aldehydes is 2. The zero-order chi connectivity index (χ0) is 13.8. The molecule has 0 saturated heterocycles. The molecule has 0 aromatic heterocycles. The van der Waals surface area contributed by atoms with E-state index in [1.165, 1.54) is 6.07 Å². The number of hydrogen-bond donors (Lipinski definition) is 0. The fourth-order valence-corrected chi connectivity index (χ4v) is 2.12. The highest BCUT2D eigenvalue weighted by molar-refractivity contribution is 5.92. The van der Waals surface area contributed by atoms with E-state index in [1.807, 2.05) is 0 Å². The third kappa shape index (κ3) is 2.49. The molecule has 0 N–H and O–H groups in total. The van der Waals surface area contributed by atoms with Gasteiger partial charge in [-0.05, 0) is 22.6 Å². The molecule has 0 atom stereocenters. The van der Waals surface area contributed by atoms with Crippen molar-refractivity contribution in [3.8, 4) is 0 Å². The summed E-state index contributed by atoms with van der Waals surface area (Å²) in [5.74, 6) is 0. The van der Waals surface area contributed by atoms with Crippen LogP contribution in [-0.4, -0.2) is 17.5 Å². The van der Waals surface area contributed by atoms with E-state index in [0.29, 0.717) is 16.3 Å². The molecule has 0 radical (unpaired) electrons. The van der Waals surface area contributed by atoms with E-state index in [2.05, 4.69) is 0 Å². The smallest absolute Gasteiger partial charge is 0.277 e. The summed E-state index contributed by atoms with van der Waals surface area (Å²) in [7, 11) is 0. The van der Waals surface area contributed by atoms with Crippen molar-refractivity contribution >= 4 is 29.0 Å². The van der Waals surface area contributed by atoms with Gasteiger partial charge < -0.3 is 9.59 Å². The Morgan fingerprint density at radius 3 is 2.26 bits per heavy atom. The van der Waals surface area contributed by atoms with E-state index in [4.69, 9.17) is 0 Å². The molecular weight excluding hydrogens is 246 g/mol. The number of nitrogens with zero attached hydrogens (tertiary/aromatic N) is 1. The largest absolute Gasteiger partial charge is 0.303 e. The minimum Gasteiger partial charge on any atom is -0.303 e. The summed E-state index contributed by atoms with van der Waals surface area (Å²) in [5, 5.41) is 12.2. The number of nitro benzene ring substituents is 1. The second kappa shape index (κ2) is 5.39. The van der Waals surface area contributed by atoms with Crippen LogP contribution in [0, 0.1) is 10.1 Å². The number of carbonyl (C=O) groups excluding carboxylic acids is 2. The first-order valence-corrected chi connectivity index (χ1v) is 5.73. The predicted molar refractivity (Wildman–Crippen MR) is 70.1 cm³/mol. The molecule has 5 heteroatoms. The summed E-state index contributed by atoms with van der Waals surface area (Å²) in [4.78, 5) is 31.8. The molecule has 5 nitrogen and oxygen atoms in total. The molecule has 96 valence electrons. The van der Waals surface area contributed by atoms with Gasteiger partial charge in [-0.15, -0.1) is 0 Å². The van der Waals surface area contributed by atoms with Crippen molar-refractivity contribution in [2.75, 3.05) is 0 Å². The van der Waals surface area contributed by atoms with Crippen LogP contribution in [0.25, 0.3) is 10.8 Å². The number of benzene rings is 2. The summed E-state index contributed by atoms with van der Waals surface area (Å²) in [6.45, 7) is 0. The summed E-state index contributed by atoms with van der Waals surface area (Å²) in [5.41, 5.74) is 1.39.